The minimum atomic E-state index is -2.31. The number of carboxylic acids is 2. The Hall–Kier alpha value is -1.17. The second-order valence-electron chi connectivity index (χ2n) is 2.71. The minimum Gasteiger partial charge on any atom is -0.481 e. The fraction of sp³-hybridized carbons (Fsp3) is 0.750. The van der Waals surface area contributed by atoms with Crippen LogP contribution in [-0.4, -0.2) is 34.9 Å². The summed E-state index contributed by atoms with van der Waals surface area (Å²) in [5.41, 5.74) is 5.12. The summed E-state index contributed by atoms with van der Waals surface area (Å²) in [6.07, 6.45) is -3.48. The summed E-state index contributed by atoms with van der Waals surface area (Å²) in [7, 11) is 0. The molecular weight excluding hydrogens is 193 g/mol. The molecule has 4 N–H and O–H groups in total. The molecule has 0 aromatic heterocycles. The number of hydrogen-bond donors (Lipinski definition) is 3. The molecule has 0 aromatic carbocycles. The van der Waals surface area contributed by atoms with E-state index in [1.807, 2.05) is 0 Å². The highest BCUT2D eigenvalue weighted by atomic mass is 19.1. The third kappa shape index (κ3) is 4.76. The SMILES string of the molecule is [2H]C([2H])(CCF)[C@@H](C[C@H](N)C(=O)O)C(=O)O. The molecule has 0 saturated carbocycles. The van der Waals surface area contributed by atoms with Gasteiger partial charge in [0.1, 0.15) is 6.04 Å². The summed E-state index contributed by atoms with van der Waals surface area (Å²) in [5.74, 6) is -4.56. The van der Waals surface area contributed by atoms with Crippen molar-refractivity contribution in [3.05, 3.63) is 0 Å². The molecule has 0 spiro atoms. The largest absolute Gasteiger partial charge is 0.481 e. The van der Waals surface area contributed by atoms with Crippen LogP contribution >= 0.6 is 0 Å². The van der Waals surface area contributed by atoms with Gasteiger partial charge >= 0.3 is 11.9 Å². The molecule has 0 unspecified atom stereocenters. The van der Waals surface area contributed by atoms with Crippen molar-refractivity contribution >= 4 is 11.9 Å². The van der Waals surface area contributed by atoms with Crippen LogP contribution in [0.1, 0.15) is 22.0 Å². The van der Waals surface area contributed by atoms with Crippen molar-refractivity contribution in [1.29, 1.82) is 0 Å². The number of carboxylic acid groups (broad SMARTS) is 2. The first-order valence-electron chi connectivity index (χ1n) is 4.99. The molecule has 82 valence electrons. The number of rotatable bonds is 7. The number of aliphatic carboxylic acids is 2. The van der Waals surface area contributed by atoms with E-state index >= 15 is 0 Å². The predicted molar refractivity (Wildman–Crippen MR) is 46.6 cm³/mol. The van der Waals surface area contributed by atoms with Gasteiger partial charge in [-0.3, -0.25) is 14.0 Å². The summed E-state index contributed by atoms with van der Waals surface area (Å²) < 4.78 is 26.7. The third-order valence-electron chi connectivity index (χ3n) is 1.59. The van der Waals surface area contributed by atoms with Gasteiger partial charge in [0.25, 0.3) is 0 Å². The van der Waals surface area contributed by atoms with Crippen molar-refractivity contribution in [2.24, 2.45) is 11.7 Å². The van der Waals surface area contributed by atoms with E-state index < -0.39 is 49.8 Å². The van der Waals surface area contributed by atoms with E-state index in [0.717, 1.165) is 0 Å². The molecule has 0 bridgehead atoms. The van der Waals surface area contributed by atoms with Gasteiger partial charge in [-0.2, -0.15) is 0 Å². The summed E-state index contributed by atoms with van der Waals surface area (Å²) in [6.45, 7) is -1.01. The molecule has 0 radical (unpaired) electrons. The van der Waals surface area contributed by atoms with Crippen molar-refractivity contribution in [2.45, 2.75) is 25.3 Å². The van der Waals surface area contributed by atoms with Crippen LogP contribution in [0.5, 0.6) is 0 Å². The van der Waals surface area contributed by atoms with Crippen LogP contribution in [0.4, 0.5) is 4.39 Å². The van der Waals surface area contributed by atoms with Gasteiger partial charge in [-0.15, -0.1) is 0 Å². The molecule has 2 atom stereocenters. The summed E-state index contributed by atoms with van der Waals surface area (Å²) in [4.78, 5) is 21.2. The van der Waals surface area contributed by atoms with Crippen LogP contribution in [0.15, 0.2) is 0 Å². The van der Waals surface area contributed by atoms with Gasteiger partial charge in [-0.25, -0.2) is 0 Å². The van der Waals surface area contributed by atoms with Gasteiger partial charge in [0, 0.05) is 2.74 Å². The van der Waals surface area contributed by atoms with Crippen LogP contribution in [-0.2, 0) is 9.59 Å². The highest BCUT2D eigenvalue weighted by Crippen LogP contribution is 2.13. The molecule has 0 fully saturated rings. The topological polar surface area (TPSA) is 101 Å². The molecule has 0 aliphatic rings. The highest BCUT2D eigenvalue weighted by Gasteiger charge is 2.23. The molecule has 0 aliphatic carbocycles. The zero-order chi connectivity index (χ0) is 12.9. The van der Waals surface area contributed by atoms with Crippen LogP contribution in [0.3, 0.4) is 0 Å². The van der Waals surface area contributed by atoms with E-state index in [1.165, 1.54) is 0 Å². The van der Waals surface area contributed by atoms with Crippen molar-refractivity contribution in [1.82, 2.24) is 0 Å². The molecule has 0 aliphatic heterocycles. The quantitative estimate of drug-likeness (QED) is 0.557. The highest BCUT2D eigenvalue weighted by molar-refractivity contribution is 5.75. The zero-order valence-electron chi connectivity index (χ0n) is 9.44. The van der Waals surface area contributed by atoms with Crippen LogP contribution in [0.2, 0.25) is 0 Å². The molecule has 5 nitrogen and oxygen atoms in total. The fourth-order valence-electron chi connectivity index (χ4n) is 0.855. The fourth-order valence-corrected chi connectivity index (χ4v) is 0.855. The average molecular weight is 209 g/mol. The molecule has 0 saturated heterocycles. The monoisotopic (exact) mass is 209 g/mol. The zero-order valence-corrected chi connectivity index (χ0v) is 7.44. The Labute approximate surface area is 83.5 Å². The molecular formula is C8H14FNO4. The smallest absolute Gasteiger partial charge is 0.320 e. The van der Waals surface area contributed by atoms with Gasteiger partial charge < -0.3 is 15.9 Å². The maximum absolute atomic E-state index is 12.0. The lowest BCUT2D eigenvalue weighted by molar-refractivity contribution is -0.143. The average Bonchev–Trinajstić information content (AvgIpc) is 2.12. The molecule has 14 heavy (non-hydrogen) atoms. The second-order valence-corrected chi connectivity index (χ2v) is 2.71. The number of alkyl halides is 1. The van der Waals surface area contributed by atoms with E-state index in [9.17, 15) is 14.0 Å². The lowest BCUT2D eigenvalue weighted by Crippen LogP contribution is -2.34. The Kier molecular flexibility index (Phi) is 4.23. The van der Waals surface area contributed by atoms with Gasteiger partial charge in [-0.05, 0) is 19.2 Å². The van der Waals surface area contributed by atoms with Crippen LogP contribution < -0.4 is 5.73 Å². The Morgan fingerprint density at radius 2 is 2.00 bits per heavy atom. The van der Waals surface area contributed by atoms with Gasteiger partial charge in [0.15, 0.2) is 0 Å². The predicted octanol–water partition coefficient (Wildman–Crippen LogP) is 0.239. The van der Waals surface area contributed by atoms with Crippen LogP contribution in [0, 0.1) is 5.92 Å². The first kappa shape index (κ1) is 9.39. The van der Waals surface area contributed by atoms with Gasteiger partial charge in [-0.1, -0.05) is 0 Å². The maximum Gasteiger partial charge on any atom is 0.320 e. The Bertz CT molecular complexity index is 275. The van der Waals surface area contributed by atoms with E-state index in [0.29, 0.717) is 0 Å². The first-order valence-corrected chi connectivity index (χ1v) is 3.99. The molecule has 0 rings (SSSR count). The lowest BCUT2D eigenvalue weighted by atomic mass is 9.96. The van der Waals surface area contributed by atoms with E-state index in [1.54, 1.807) is 0 Å². The molecule has 0 heterocycles. The van der Waals surface area contributed by atoms with Crippen molar-refractivity contribution < 1.29 is 26.9 Å². The van der Waals surface area contributed by atoms with Crippen molar-refractivity contribution in [2.75, 3.05) is 6.67 Å². The third-order valence-corrected chi connectivity index (χ3v) is 1.59. The maximum atomic E-state index is 12.0. The summed E-state index contributed by atoms with van der Waals surface area (Å²) in [6, 6.07) is -1.48. The van der Waals surface area contributed by atoms with Gasteiger partial charge in [0.05, 0.1) is 12.6 Å². The van der Waals surface area contributed by atoms with E-state index in [-0.39, 0.29) is 0 Å². The minimum absolute atomic E-state index is 0.572. The lowest BCUT2D eigenvalue weighted by Gasteiger charge is -2.13. The van der Waals surface area contributed by atoms with E-state index in [4.69, 9.17) is 18.7 Å². The molecule has 0 amide bonds. The Balaban J connectivity index is 4.74. The van der Waals surface area contributed by atoms with Crippen molar-refractivity contribution in [3.8, 4) is 0 Å². The first-order chi connectivity index (χ1) is 7.22. The summed E-state index contributed by atoms with van der Waals surface area (Å²) in [5, 5.41) is 17.2. The standard InChI is InChI=1S/C8H14FNO4/c9-3-1-2-5(7(11)12)4-6(10)8(13)14/h5-6H,1-4,10H2,(H,11,12)(H,13,14)/t5-,6-/m0/s1/i2D2. The Morgan fingerprint density at radius 3 is 2.36 bits per heavy atom. The second kappa shape index (κ2) is 6.31. The molecule has 0 aromatic rings. The number of hydrogen-bond acceptors (Lipinski definition) is 3. The van der Waals surface area contributed by atoms with Crippen LogP contribution in [0.25, 0.3) is 0 Å². The normalized spacial score (nSPS) is 17.9. The number of nitrogens with two attached hydrogens (primary N) is 1. The van der Waals surface area contributed by atoms with Crippen molar-refractivity contribution in [3.63, 3.8) is 0 Å². The van der Waals surface area contributed by atoms with Gasteiger partial charge in [0.2, 0.25) is 0 Å². The summed E-state index contributed by atoms with van der Waals surface area (Å²) >= 11 is 0. The molecule has 6 heteroatoms. The van der Waals surface area contributed by atoms with E-state index in [2.05, 4.69) is 0 Å². The number of carbonyl (C=O) groups is 2. The number of halogens is 1. The Morgan fingerprint density at radius 1 is 1.43 bits per heavy atom.